The first-order valence-electron chi connectivity index (χ1n) is 10.7. The van der Waals surface area contributed by atoms with E-state index in [2.05, 4.69) is 10.3 Å². The fourth-order valence-corrected chi connectivity index (χ4v) is 4.56. The zero-order valence-corrected chi connectivity index (χ0v) is 20.0. The van der Waals surface area contributed by atoms with Crippen molar-refractivity contribution in [3.8, 4) is 6.07 Å². The van der Waals surface area contributed by atoms with Crippen LogP contribution in [0.1, 0.15) is 32.4 Å². The molecule has 0 radical (unpaired) electrons. The number of thiocarbonyl (C=S) groups is 1. The highest BCUT2D eigenvalue weighted by Gasteiger charge is 2.55. The smallest absolute Gasteiger partial charge is 0.359 e. The average Bonchev–Trinajstić information content (AvgIpc) is 2.97. The van der Waals surface area contributed by atoms with Crippen LogP contribution in [0.4, 0.5) is 23.2 Å². The summed E-state index contributed by atoms with van der Waals surface area (Å²) in [6.45, 7) is 3.03. The Kier molecular flexibility index (Phi) is 7.31. The van der Waals surface area contributed by atoms with Crippen LogP contribution in [0.25, 0.3) is 0 Å². The Bertz CT molecular complexity index is 1140. The van der Waals surface area contributed by atoms with Crippen molar-refractivity contribution < 1.29 is 27.2 Å². The van der Waals surface area contributed by atoms with Crippen LogP contribution in [0, 0.1) is 23.2 Å². The summed E-state index contributed by atoms with van der Waals surface area (Å²) in [6.07, 6.45) is -0.194. The van der Waals surface area contributed by atoms with Gasteiger partial charge in [0.2, 0.25) is 5.91 Å². The molecule has 1 saturated heterocycles. The Morgan fingerprint density at radius 2 is 2.03 bits per heavy atom. The largest absolute Gasteiger partial charge is 0.399 e. The number of nitriles is 1. The molecule has 186 valence electrons. The number of carbonyl (C=O) groups excluding carboxylic acids is 2. The number of rotatable bonds is 6. The molecule has 0 aromatic carbocycles. The molecule has 2 aliphatic rings. The van der Waals surface area contributed by atoms with Gasteiger partial charge in [0.05, 0.1) is 29.6 Å². The van der Waals surface area contributed by atoms with Gasteiger partial charge in [0.15, 0.2) is 5.11 Å². The molecule has 1 aliphatic carbocycles. The SMILES string of the molecule is CNC(=O)CCCc1ccc(N2C(=S)N(C3=C(F)C(C(F)(F)F)C(C#N)C=C3)C(=O)C2(C)C)cn1. The second-order valence-corrected chi connectivity index (χ2v) is 8.98. The molecule has 0 bridgehead atoms. The first kappa shape index (κ1) is 26.3. The van der Waals surface area contributed by atoms with Crippen LogP contribution in [-0.4, -0.2) is 45.6 Å². The summed E-state index contributed by atoms with van der Waals surface area (Å²) in [4.78, 5) is 31.1. The minimum absolute atomic E-state index is 0.0865. The number of alkyl halides is 3. The zero-order chi connectivity index (χ0) is 26.1. The molecular formula is C23H23F4N5O2S. The molecule has 12 heteroatoms. The standard InChI is InChI=1S/C23H23F4N5O2S/c1-22(2)20(34)31(16-10-7-13(11-28)18(19(16)24)23(25,26)27)21(35)32(22)15-9-8-14(30-12-15)5-4-6-17(33)29-3/h7-10,12-13,18H,4-6H2,1-3H3,(H,29,33). The van der Waals surface area contributed by atoms with Crippen LogP contribution in [-0.2, 0) is 16.0 Å². The predicted molar refractivity (Wildman–Crippen MR) is 123 cm³/mol. The summed E-state index contributed by atoms with van der Waals surface area (Å²) in [7, 11) is 1.55. The highest BCUT2D eigenvalue weighted by molar-refractivity contribution is 7.80. The zero-order valence-electron chi connectivity index (χ0n) is 19.2. The summed E-state index contributed by atoms with van der Waals surface area (Å²) >= 11 is 5.42. The van der Waals surface area contributed by atoms with E-state index in [-0.39, 0.29) is 11.0 Å². The number of hydrogen-bond acceptors (Lipinski definition) is 5. The van der Waals surface area contributed by atoms with Gasteiger partial charge >= 0.3 is 6.18 Å². The van der Waals surface area contributed by atoms with Gasteiger partial charge in [0, 0.05) is 19.2 Å². The van der Waals surface area contributed by atoms with Gasteiger partial charge in [-0.05, 0) is 57.1 Å². The van der Waals surface area contributed by atoms with Crippen LogP contribution in [0.2, 0.25) is 0 Å². The second kappa shape index (κ2) is 9.73. The number of aryl methyl sites for hydroxylation is 1. The summed E-state index contributed by atoms with van der Waals surface area (Å²) in [5, 5.41) is 11.4. The Labute approximate surface area is 205 Å². The van der Waals surface area contributed by atoms with Crippen molar-refractivity contribution >= 4 is 34.8 Å². The Balaban J connectivity index is 1.91. The summed E-state index contributed by atoms with van der Waals surface area (Å²) in [6, 6.07) is 4.79. The van der Waals surface area contributed by atoms with Crippen molar-refractivity contribution in [3.63, 3.8) is 0 Å². The molecule has 35 heavy (non-hydrogen) atoms. The maximum atomic E-state index is 15.1. The fraction of sp³-hybridized carbons (Fsp3) is 0.435. The molecule has 0 spiro atoms. The fourth-order valence-electron chi connectivity index (χ4n) is 4.04. The van der Waals surface area contributed by atoms with Crippen LogP contribution in [0.15, 0.2) is 42.0 Å². The van der Waals surface area contributed by atoms with E-state index in [1.54, 1.807) is 19.2 Å². The van der Waals surface area contributed by atoms with Crippen molar-refractivity contribution in [2.75, 3.05) is 11.9 Å². The minimum atomic E-state index is -5.03. The van der Waals surface area contributed by atoms with Crippen LogP contribution in [0.5, 0.6) is 0 Å². The molecule has 2 amide bonds. The Morgan fingerprint density at radius 1 is 1.34 bits per heavy atom. The number of allylic oxidation sites excluding steroid dienone is 3. The van der Waals surface area contributed by atoms with Gasteiger partial charge in [-0.3, -0.25) is 19.5 Å². The van der Waals surface area contributed by atoms with Gasteiger partial charge in [-0.25, -0.2) is 4.39 Å². The van der Waals surface area contributed by atoms with Crippen molar-refractivity contribution in [1.82, 2.24) is 15.2 Å². The van der Waals surface area contributed by atoms with Crippen LogP contribution in [0.3, 0.4) is 0 Å². The predicted octanol–water partition coefficient (Wildman–Crippen LogP) is 3.93. The summed E-state index contributed by atoms with van der Waals surface area (Å²) in [5.74, 6) is -6.89. The lowest BCUT2D eigenvalue weighted by atomic mass is 9.86. The Hall–Kier alpha value is -3.33. The summed E-state index contributed by atoms with van der Waals surface area (Å²) < 4.78 is 55.7. The molecule has 2 atom stereocenters. The van der Waals surface area contributed by atoms with Gasteiger partial charge in [-0.2, -0.15) is 18.4 Å². The number of anilines is 1. The molecule has 2 heterocycles. The number of nitrogens with zero attached hydrogens (tertiary/aromatic N) is 4. The molecule has 2 unspecified atom stereocenters. The molecule has 7 nitrogen and oxygen atoms in total. The lowest BCUT2D eigenvalue weighted by Crippen LogP contribution is -2.44. The number of pyridine rings is 1. The van der Waals surface area contributed by atoms with E-state index < -0.39 is 41.0 Å². The number of amides is 2. The average molecular weight is 510 g/mol. The van der Waals surface area contributed by atoms with Gasteiger partial charge in [0.1, 0.15) is 17.3 Å². The molecular weight excluding hydrogens is 486 g/mol. The van der Waals surface area contributed by atoms with Gasteiger partial charge in [-0.15, -0.1) is 0 Å². The topological polar surface area (TPSA) is 89.3 Å². The first-order chi connectivity index (χ1) is 16.3. The van der Waals surface area contributed by atoms with Crippen LogP contribution < -0.4 is 10.2 Å². The van der Waals surface area contributed by atoms with Gasteiger partial charge in [-0.1, -0.05) is 6.08 Å². The maximum absolute atomic E-state index is 15.1. The third-order valence-electron chi connectivity index (χ3n) is 5.93. The van der Waals surface area contributed by atoms with Crippen molar-refractivity contribution in [3.05, 3.63) is 47.7 Å². The third-order valence-corrected chi connectivity index (χ3v) is 6.30. The molecule has 1 fully saturated rings. The molecule has 1 aromatic rings. The van der Waals surface area contributed by atoms with Crippen molar-refractivity contribution in [1.29, 1.82) is 5.26 Å². The number of carbonyl (C=O) groups is 2. The van der Waals surface area contributed by atoms with Crippen LogP contribution >= 0.6 is 12.2 Å². The first-order valence-corrected chi connectivity index (χ1v) is 11.1. The highest BCUT2D eigenvalue weighted by Crippen LogP contribution is 2.45. The lowest BCUT2D eigenvalue weighted by Gasteiger charge is -2.29. The minimum Gasteiger partial charge on any atom is -0.359 e. The molecule has 3 rings (SSSR count). The van der Waals surface area contributed by atoms with Crippen molar-refractivity contribution in [2.24, 2.45) is 11.8 Å². The second-order valence-electron chi connectivity index (χ2n) is 8.62. The normalized spacial score (nSPS) is 22.0. The number of nitrogens with one attached hydrogen (secondary N) is 1. The van der Waals surface area contributed by atoms with Gasteiger partial charge in [0.25, 0.3) is 5.91 Å². The van der Waals surface area contributed by atoms with E-state index in [0.29, 0.717) is 30.6 Å². The number of halogens is 4. The van der Waals surface area contributed by atoms with E-state index in [1.807, 2.05) is 0 Å². The quantitative estimate of drug-likeness (QED) is 0.462. The monoisotopic (exact) mass is 509 g/mol. The molecule has 1 aromatic heterocycles. The van der Waals surface area contributed by atoms with E-state index in [1.165, 1.54) is 31.0 Å². The molecule has 1 N–H and O–H groups in total. The molecule has 1 aliphatic heterocycles. The summed E-state index contributed by atoms with van der Waals surface area (Å²) in [5.41, 5.74) is -0.888. The Morgan fingerprint density at radius 3 is 2.57 bits per heavy atom. The van der Waals surface area contributed by atoms with Crippen molar-refractivity contribution in [2.45, 2.75) is 44.8 Å². The van der Waals surface area contributed by atoms with Gasteiger partial charge < -0.3 is 10.2 Å². The number of hydrogen-bond donors (Lipinski definition) is 1. The van der Waals surface area contributed by atoms with E-state index >= 15 is 4.39 Å². The highest BCUT2D eigenvalue weighted by atomic mass is 32.1. The van der Waals surface area contributed by atoms with E-state index in [0.717, 1.165) is 17.1 Å². The third kappa shape index (κ3) is 4.91. The van der Waals surface area contributed by atoms with E-state index in [4.69, 9.17) is 17.5 Å². The van der Waals surface area contributed by atoms with E-state index in [9.17, 15) is 22.8 Å². The maximum Gasteiger partial charge on any atom is 0.399 e. The molecule has 0 saturated carbocycles. The lowest BCUT2D eigenvalue weighted by molar-refractivity contribution is -0.174. The number of aromatic nitrogens is 1.